The molecule has 1 unspecified atom stereocenters. The fourth-order valence-corrected chi connectivity index (χ4v) is 5.15. The van der Waals surface area contributed by atoms with Crippen molar-refractivity contribution in [1.82, 2.24) is 0 Å². The number of allylic oxidation sites excluding steroid dienone is 6. The van der Waals surface area contributed by atoms with Crippen LogP contribution in [-0.4, -0.2) is 24.8 Å². The Labute approximate surface area is 167 Å². The lowest BCUT2D eigenvalue weighted by molar-refractivity contribution is -0.120. The predicted octanol–water partition coefficient (Wildman–Crippen LogP) is 4.82. The first-order chi connectivity index (χ1) is 13.1. The maximum absolute atomic E-state index is 13.2. The van der Waals surface area contributed by atoms with Crippen LogP contribution in [0.3, 0.4) is 0 Å². The molecule has 0 bridgehead atoms. The van der Waals surface area contributed by atoms with Crippen molar-refractivity contribution in [3.63, 3.8) is 0 Å². The summed E-state index contributed by atoms with van der Waals surface area (Å²) in [5.41, 5.74) is 2.13. The lowest BCUT2D eigenvalue weighted by Crippen LogP contribution is -2.40. The molecule has 0 aromatic rings. The highest BCUT2D eigenvalue weighted by Crippen LogP contribution is 2.52. The van der Waals surface area contributed by atoms with E-state index in [4.69, 9.17) is 9.47 Å². The third-order valence-electron chi connectivity index (χ3n) is 6.35. The van der Waals surface area contributed by atoms with Crippen LogP contribution in [0.4, 0.5) is 0 Å². The van der Waals surface area contributed by atoms with E-state index in [-0.39, 0.29) is 34.4 Å². The van der Waals surface area contributed by atoms with Gasteiger partial charge >= 0.3 is 0 Å². The van der Waals surface area contributed by atoms with Gasteiger partial charge in [-0.25, -0.2) is 0 Å². The van der Waals surface area contributed by atoms with Gasteiger partial charge in [0.05, 0.1) is 6.10 Å². The fraction of sp³-hybridized carbons (Fsp3) is 0.583. The normalized spacial score (nSPS) is 29.3. The number of Topliss-reactive ketones (excluding diaryl/α,β-unsaturated/α-hetero) is 2. The third-order valence-corrected chi connectivity index (χ3v) is 6.35. The van der Waals surface area contributed by atoms with Crippen molar-refractivity contribution < 1.29 is 19.1 Å². The molecule has 4 nitrogen and oxygen atoms in total. The second-order valence-corrected chi connectivity index (χ2v) is 10.1. The van der Waals surface area contributed by atoms with E-state index in [9.17, 15) is 9.59 Å². The molecule has 0 saturated heterocycles. The molecule has 0 fully saturated rings. The summed E-state index contributed by atoms with van der Waals surface area (Å²) in [6.45, 7) is 8.42. The Morgan fingerprint density at radius 3 is 1.96 bits per heavy atom. The first kappa shape index (κ1) is 19.4. The molecule has 0 aromatic heterocycles. The maximum atomic E-state index is 13.2. The standard InChI is InChI=1S/C24H30O4/c1-23(2)10-15(25)21-18(12-23)28-19-13-24(3,4)11-16(26)22(19)20(21)14-8-6-7-9-17(14)27-5/h6-8,17,20H,9-13H2,1-5H3. The van der Waals surface area contributed by atoms with Gasteiger partial charge in [-0.2, -0.15) is 0 Å². The van der Waals surface area contributed by atoms with Crippen LogP contribution in [0.5, 0.6) is 0 Å². The summed E-state index contributed by atoms with van der Waals surface area (Å²) in [4.78, 5) is 26.5. The molecular weight excluding hydrogens is 352 g/mol. The zero-order valence-electron chi connectivity index (χ0n) is 17.6. The SMILES string of the molecule is COC1CC=CC=C1C1C2=C(CC(C)(C)CC2=O)OC2=C1C(=O)CC(C)(C)C2. The summed E-state index contributed by atoms with van der Waals surface area (Å²) in [5, 5.41) is 0. The number of carbonyl (C=O) groups excluding carboxylic acids is 2. The van der Waals surface area contributed by atoms with Gasteiger partial charge in [0.2, 0.25) is 0 Å². The molecule has 4 aliphatic rings. The van der Waals surface area contributed by atoms with Crippen LogP contribution in [-0.2, 0) is 19.1 Å². The first-order valence-electron chi connectivity index (χ1n) is 10.2. The van der Waals surface area contributed by atoms with Gasteiger partial charge < -0.3 is 9.47 Å². The van der Waals surface area contributed by atoms with Gasteiger partial charge in [-0.15, -0.1) is 0 Å². The van der Waals surface area contributed by atoms with Crippen molar-refractivity contribution in [3.8, 4) is 0 Å². The largest absolute Gasteiger partial charge is 0.465 e. The zero-order chi connectivity index (χ0) is 20.3. The molecule has 0 saturated carbocycles. The molecule has 0 N–H and O–H groups in total. The van der Waals surface area contributed by atoms with E-state index in [0.717, 1.165) is 36.4 Å². The molecule has 3 aliphatic carbocycles. The van der Waals surface area contributed by atoms with E-state index >= 15 is 0 Å². The number of ketones is 2. The summed E-state index contributed by atoms with van der Waals surface area (Å²) in [6.07, 6.45) is 9.14. The Hall–Kier alpha value is -1.94. The Morgan fingerprint density at radius 1 is 0.929 bits per heavy atom. The van der Waals surface area contributed by atoms with Crippen LogP contribution >= 0.6 is 0 Å². The van der Waals surface area contributed by atoms with E-state index in [1.807, 2.05) is 12.2 Å². The van der Waals surface area contributed by atoms with Crippen molar-refractivity contribution in [3.05, 3.63) is 46.5 Å². The number of rotatable bonds is 2. The van der Waals surface area contributed by atoms with Gasteiger partial charge in [0.1, 0.15) is 11.5 Å². The van der Waals surface area contributed by atoms with Crippen molar-refractivity contribution in [1.29, 1.82) is 0 Å². The Balaban J connectivity index is 1.90. The van der Waals surface area contributed by atoms with Gasteiger partial charge in [0.25, 0.3) is 0 Å². The van der Waals surface area contributed by atoms with Gasteiger partial charge in [-0.3, -0.25) is 9.59 Å². The molecule has 150 valence electrons. The lowest BCUT2D eigenvalue weighted by atomic mass is 9.64. The van der Waals surface area contributed by atoms with Crippen LogP contribution < -0.4 is 0 Å². The molecule has 28 heavy (non-hydrogen) atoms. The molecule has 1 aliphatic heterocycles. The summed E-state index contributed by atoms with van der Waals surface area (Å²) < 4.78 is 12.1. The molecule has 1 atom stereocenters. The summed E-state index contributed by atoms with van der Waals surface area (Å²) in [6, 6.07) is 0. The van der Waals surface area contributed by atoms with Crippen LogP contribution in [0.25, 0.3) is 0 Å². The molecule has 4 rings (SSSR count). The van der Waals surface area contributed by atoms with Gasteiger partial charge in [0.15, 0.2) is 11.6 Å². The van der Waals surface area contributed by atoms with Crippen LogP contribution in [0.15, 0.2) is 46.5 Å². The molecular formula is C24H30O4. The zero-order valence-corrected chi connectivity index (χ0v) is 17.6. The minimum Gasteiger partial charge on any atom is -0.465 e. The second-order valence-electron chi connectivity index (χ2n) is 10.1. The van der Waals surface area contributed by atoms with Crippen molar-refractivity contribution in [2.45, 2.75) is 65.9 Å². The van der Waals surface area contributed by atoms with Gasteiger partial charge in [0, 0.05) is 49.9 Å². The average molecular weight is 383 g/mol. The van der Waals surface area contributed by atoms with E-state index in [1.54, 1.807) is 7.11 Å². The highest BCUT2D eigenvalue weighted by atomic mass is 16.5. The van der Waals surface area contributed by atoms with E-state index < -0.39 is 0 Å². The van der Waals surface area contributed by atoms with Crippen LogP contribution in [0, 0.1) is 16.7 Å². The number of hydrogen-bond acceptors (Lipinski definition) is 4. The Bertz CT molecular complexity index is 811. The Morgan fingerprint density at radius 2 is 1.46 bits per heavy atom. The molecule has 0 aromatic carbocycles. The van der Waals surface area contributed by atoms with Gasteiger partial charge in [-0.05, 0) is 22.8 Å². The monoisotopic (exact) mass is 382 g/mol. The average Bonchev–Trinajstić information content (AvgIpc) is 2.57. The lowest BCUT2D eigenvalue weighted by Gasteiger charge is -2.44. The smallest absolute Gasteiger partial charge is 0.163 e. The van der Waals surface area contributed by atoms with Crippen molar-refractivity contribution >= 4 is 11.6 Å². The molecule has 0 spiro atoms. The topological polar surface area (TPSA) is 52.6 Å². The predicted molar refractivity (Wildman–Crippen MR) is 107 cm³/mol. The molecule has 4 heteroatoms. The van der Waals surface area contributed by atoms with E-state index in [0.29, 0.717) is 24.0 Å². The fourth-order valence-electron chi connectivity index (χ4n) is 5.15. The quantitative estimate of drug-likeness (QED) is 0.687. The number of carbonyl (C=O) groups is 2. The summed E-state index contributed by atoms with van der Waals surface area (Å²) in [5.74, 6) is 1.40. The second kappa shape index (κ2) is 6.55. The van der Waals surface area contributed by atoms with E-state index in [1.165, 1.54) is 0 Å². The van der Waals surface area contributed by atoms with Gasteiger partial charge in [-0.1, -0.05) is 45.9 Å². The molecule has 0 radical (unpaired) electrons. The number of ether oxygens (including phenoxy) is 2. The molecule has 0 amide bonds. The van der Waals surface area contributed by atoms with Crippen molar-refractivity contribution in [2.75, 3.05) is 7.11 Å². The third kappa shape index (κ3) is 3.22. The van der Waals surface area contributed by atoms with Crippen LogP contribution in [0.1, 0.15) is 59.8 Å². The summed E-state index contributed by atoms with van der Waals surface area (Å²) >= 11 is 0. The highest BCUT2D eigenvalue weighted by molar-refractivity contribution is 6.05. The summed E-state index contributed by atoms with van der Waals surface area (Å²) in [7, 11) is 1.69. The maximum Gasteiger partial charge on any atom is 0.163 e. The van der Waals surface area contributed by atoms with Crippen molar-refractivity contribution in [2.24, 2.45) is 16.7 Å². The Kier molecular flexibility index (Phi) is 4.53. The first-order valence-corrected chi connectivity index (χ1v) is 10.2. The number of hydrogen-bond donors (Lipinski definition) is 0. The highest BCUT2D eigenvalue weighted by Gasteiger charge is 2.49. The minimum atomic E-state index is -0.333. The number of methoxy groups -OCH3 is 1. The minimum absolute atomic E-state index is 0.103. The van der Waals surface area contributed by atoms with E-state index in [2.05, 4.69) is 33.8 Å². The van der Waals surface area contributed by atoms with Crippen LogP contribution in [0.2, 0.25) is 0 Å². The molecule has 1 heterocycles.